The van der Waals surface area contributed by atoms with Gasteiger partial charge in [0.05, 0.1) is 0 Å². The lowest BCUT2D eigenvalue weighted by Gasteiger charge is -2.62. The van der Waals surface area contributed by atoms with E-state index in [-0.39, 0.29) is 0 Å². The molecule has 2 heteroatoms. The van der Waals surface area contributed by atoms with E-state index in [2.05, 4.69) is 86.0 Å². The summed E-state index contributed by atoms with van der Waals surface area (Å²) in [6.07, 6.45) is 1.25. The molecule has 4 unspecified atom stereocenters. The third-order valence-corrected chi connectivity index (χ3v) is 5.82. The fourth-order valence-corrected chi connectivity index (χ4v) is 5.28. The zero-order valence-corrected chi connectivity index (χ0v) is 17.8. The maximum Gasteiger partial charge on any atom is 0.0283 e. The molecule has 1 aliphatic heterocycles. The molecule has 0 aliphatic carbocycles. The van der Waals surface area contributed by atoms with Crippen molar-refractivity contribution in [1.82, 2.24) is 9.80 Å². The zero-order valence-electron chi connectivity index (χ0n) is 17.8. The Hall–Kier alpha value is -0.0800. The van der Waals surface area contributed by atoms with Crippen LogP contribution in [-0.4, -0.2) is 46.1 Å². The Morgan fingerprint density at radius 3 is 1.17 bits per heavy atom. The van der Waals surface area contributed by atoms with Gasteiger partial charge < -0.3 is 0 Å². The molecule has 0 spiro atoms. The summed E-state index contributed by atoms with van der Waals surface area (Å²) in [7, 11) is 0. The van der Waals surface area contributed by atoms with Crippen LogP contribution >= 0.6 is 0 Å². The minimum Gasteiger partial charge on any atom is -0.292 e. The Balaban J connectivity index is 3.50. The topological polar surface area (TPSA) is 6.48 Å². The lowest BCUT2D eigenvalue weighted by Crippen LogP contribution is -2.74. The predicted octanol–water partition coefficient (Wildman–Crippen LogP) is 5.27. The lowest BCUT2D eigenvalue weighted by atomic mass is 9.76. The average molecular weight is 325 g/mol. The van der Waals surface area contributed by atoms with Crippen LogP contribution in [0.15, 0.2) is 0 Å². The van der Waals surface area contributed by atoms with Crippen LogP contribution in [0, 0.1) is 17.8 Å². The number of hydrogen-bond acceptors (Lipinski definition) is 2. The third kappa shape index (κ3) is 4.12. The molecule has 0 N–H and O–H groups in total. The SMILES string of the molecule is CCC1C(C(C)C)N(C(C)C)C(C(C)C)C(C(C)C)N1C(C)C. The van der Waals surface area contributed by atoms with Crippen LogP contribution < -0.4 is 0 Å². The normalized spacial score (nSPS) is 31.3. The summed E-state index contributed by atoms with van der Waals surface area (Å²) in [6.45, 7) is 26.6. The summed E-state index contributed by atoms with van der Waals surface area (Å²) in [5, 5.41) is 0. The van der Waals surface area contributed by atoms with Crippen molar-refractivity contribution < 1.29 is 0 Å². The number of hydrogen-bond donors (Lipinski definition) is 0. The monoisotopic (exact) mass is 324 g/mol. The molecule has 4 atom stereocenters. The molecule has 0 aromatic carbocycles. The summed E-state index contributed by atoms with van der Waals surface area (Å²) < 4.78 is 0. The minimum absolute atomic E-state index is 0.611. The highest BCUT2D eigenvalue weighted by atomic mass is 15.4. The summed E-state index contributed by atoms with van der Waals surface area (Å²) in [5.74, 6) is 2.07. The Morgan fingerprint density at radius 2 is 0.913 bits per heavy atom. The van der Waals surface area contributed by atoms with Crippen LogP contribution in [0.1, 0.15) is 82.6 Å². The van der Waals surface area contributed by atoms with Gasteiger partial charge in [0.15, 0.2) is 0 Å². The van der Waals surface area contributed by atoms with Gasteiger partial charge >= 0.3 is 0 Å². The maximum atomic E-state index is 2.90. The predicted molar refractivity (Wildman–Crippen MR) is 104 cm³/mol. The van der Waals surface area contributed by atoms with Crippen molar-refractivity contribution in [2.24, 2.45) is 17.8 Å². The molecule has 0 aromatic heterocycles. The molecule has 1 saturated heterocycles. The van der Waals surface area contributed by atoms with Crippen LogP contribution in [0.2, 0.25) is 0 Å². The molecule has 1 aliphatic rings. The molecule has 0 radical (unpaired) electrons. The van der Waals surface area contributed by atoms with E-state index in [0.29, 0.717) is 54.0 Å². The molecular weight excluding hydrogens is 280 g/mol. The summed E-state index contributed by atoms with van der Waals surface area (Å²) in [6, 6.07) is 3.85. The molecule has 0 aromatic rings. The van der Waals surface area contributed by atoms with E-state index in [9.17, 15) is 0 Å². The highest BCUT2D eigenvalue weighted by molar-refractivity contribution is 5.06. The highest BCUT2D eigenvalue weighted by Gasteiger charge is 2.50. The third-order valence-electron chi connectivity index (χ3n) is 5.82. The van der Waals surface area contributed by atoms with Gasteiger partial charge in [0, 0.05) is 36.3 Å². The molecule has 0 saturated carbocycles. The van der Waals surface area contributed by atoms with E-state index in [1.54, 1.807) is 0 Å². The number of rotatable bonds is 6. The average Bonchev–Trinajstić information content (AvgIpc) is 2.42. The first-order valence-corrected chi connectivity index (χ1v) is 10.1. The quantitative estimate of drug-likeness (QED) is 0.656. The molecular formula is C21H44N2. The second-order valence-electron chi connectivity index (χ2n) is 9.26. The van der Waals surface area contributed by atoms with Crippen molar-refractivity contribution in [2.45, 2.75) is 119 Å². The van der Waals surface area contributed by atoms with Gasteiger partial charge in [-0.25, -0.2) is 0 Å². The van der Waals surface area contributed by atoms with E-state index in [0.717, 1.165) is 0 Å². The van der Waals surface area contributed by atoms with Gasteiger partial charge in [-0.15, -0.1) is 0 Å². The highest BCUT2D eigenvalue weighted by Crippen LogP contribution is 2.40. The second kappa shape index (κ2) is 8.34. The van der Waals surface area contributed by atoms with Gasteiger partial charge in [-0.2, -0.15) is 0 Å². The first kappa shape index (κ1) is 21.0. The molecule has 138 valence electrons. The fraction of sp³-hybridized carbons (Fsp3) is 1.00. The van der Waals surface area contributed by atoms with E-state index < -0.39 is 0 Å². The van der Waals surface area contributed by atoms with E-state index in [4.69, 9.17) is 0 Å². The summed E-state index contributed by atoms with van der Waals surface area (Å²) in [4.78, 5) is 5.78. The van der Waals surface area contributed by atoms with Gasteiger partial charge in [0.1, 0.15) is 0 Å². The van der Waals surface area contributed by atoms with Crippen LogP contribution in [0.25, 0.3) is 0 Å². The number of piperazine rings is 1. The molecule has 1 fully saturated rings. The second-order valence-corrected chi connectivity index (χ2v) is 9.26. The van der Waals surface area contributed by atoms with E-state index in [1.165, 1.54) is 6.42 Å². The molecule has 2 nitrogen and oxygen atoms in total. The Bertz CT molecular complexity index is 318. The van der Waals surface area contributed by atoms with Crippen molar-refractivity contribution in [3.8, 4) is 0 Å². The lowest BCUT2D eigenvalue weighted by molar-refractivity contribution is -0.131. The van der Waals surface area contributed by atoms with Crippen LogP contribution in [0.5, 0.6) is 0 Å². The van der Waals surface area contributed by atoms with Gasteiger partial charge in [-0.05, 0) is 51.9 Å². The smallest absolute Gasteiger partial charge is 0.0283 e. The van der Waals surface area contributed by atoms with Crippen molar-refractivity contribution in [2.75, 3.05) is 0 Å². The largest absolute Gasteiger partial charge is 0.292 e. The van der Waals surface area contributed by atoms with Crippen molar-refractivity contribution >= 4 is 0 Å². The van der Waals surface area contributed by atoms with Crippen LogP contribution in [0.4, 0.5) is 0 Å². The van der Waals surface area contributed by atoms with Crippen LogP contribution in [-0.2, 0) is 0 Å². The van der Waals surface area contributed by atoms with Crippen LogP contribution in [0.3, 0.4) is 0 Å². The van der Waals surface area contributed by atoms with E-state index in [1.807, 2.05) is 0 Å². The van der Waals surface area contributed by atoms with Crippen molar-refractivity contribution in [3.05, 3.63) is 0 Å². The summed E-state index contributed by atoms with van der Waals surface area (Å²) >= 11 is 0. The Labute approximate surface area is 147 Å². The van der Waals surface area contributed by atoms with Gasteiger partial charge in [-0.1, -0.05) is 48.5 Å². The first-order valence-electron chi connectivity index (χ1n) is 10.1. The Morgan fingerprint density at radius 1 is 0.565 bits per heavy atom. The molecule has 23 heavy (non-hydrogen) atoms. The first-order chi connectivity index (χ1) is 10.6. The number of nitrogens with zero attached hydrogens (tertiary/aromatic N) is 2. The van der Waals surface area contributed by atoms with Gasteiger partial charge in [0.2, 0.25) is 0 Å². The van der Waals surface area contributed by atoms with Gasteiger partial charge in [-0.3, -0.25) is 9.80 Å². The summed E-state index contributed by atoms with van der Waals surface area (Å²) in [5.41, 5.74) is 0. The van der Waals surface area contributed by atoms with Crippen molar-refractivity contribution in [3.63, 3.8) is 0 Å². The molecule has 0 amide bonds. The standard InChI is InChI=1S/C21H44N2/c1-12-18-19(13(2)3)23(17(10)11)21(15(6)7)20(14(4)5)22(18)16(8)9/h13-21H,12H2,1-11H3. The fourth-order valence-electron chi connectivity index (χ4n) is 5.28. The van der Waals surface area contributed by atoms with E-state index >= 15 is 0 Å². The molecule has 0 bridgehead atoms. The zero-order chi connectivity index (χ0) is 18.1. The molecule has 1 rings (SSSR count). The van der Waals surface area contributed by atoms with Crippen molar-refractivity contribution in [1.29, 1.82) is 0 Å². The minimum atomic E-state index is 0.611. The van der Waals surface area contributed by atoms with Gasteiger partial charge in [0.25, 0.3) is 0 Å². The molecule has 1 heterocycles. The maximum absolute atomic E-state index is 2.90. The Kier molecular flexibility index (Phi) is 7.60.